The zero-order chi connectivity index (χ0) is 14.8. The van der Waals surface area contributed by atoms with Gasteiger partial charge in [0.05, 0.1) is 11.5 Å². The Bertz CT molecular complexity index is 572. The van der Waals surface area contributed by atoms with Gasteiger partial charge in [-0.2, -0.15) is 0 Å². The molecule has 112 valence electrons. The molecule has 0 saturated carbocycles. The van der Waals surface area contributed by atoms with Crippen LogP contribution < -0.4 is 5.32 Å². The predicted molar refractivity (Wildman–Crippen MR) is 79.5 cm³/mol. The normalized spacial score (nSPS) is 22.9. The molecule has 1 saturated heterocycles. The van der Waals surface area contributed by atoms with E-state index in [-0.39, 0.29) is 23.5 Å². The third kappa shape index (κ3) is 3.55. The molecule has 2 rings (SSSR count). The number of sulfone groups is 1. The highest BCUT2D eigenvalue weighted by molar-refractivity contribution is 7.91. The smallest absolute Gasteiger partial charge is 0.151 e. The monoisotopic (exact) mass is 297 g/mol. The van der Waals surface area contributed by atoms with Gasteiger partial charge in [0.15, 0.2) is 9.84 Å². The number of hydrogen-bond donors (Lipinski definition) is 1. The molecular weight excluding hydrogens is 274 g/mol. The maximum Gasteiger partial charge on any atom is 0.151 e. The molecule has 1 N–H and O–H groups in total. The van der Waals surface area contributed by atoms with Gasteiger partial charge in [-0.05, 0) is 33.2 Å². The molecule has 0 aliphatic carbocycles. The van der Waals surface area contributed by atoms with E-state index in [4.69, 9.17) is 0 Å². The van der Waals surface area contributed by atoms with Crippen molar-refractivity contribution < 1.29 is 8.42 Å². The summed E-state index contributed by atoms with van der Waals surface area (Å²) in [6.07, 6.45) is 3.57. The standard InChI is InChI=1S/C14H23N3O2S/c1-4-6-15-10(2)13-8-16-14(17-11(13)3)12-5-7-20(18,19)9-12/h8,10,12,15H,4-7,9H2,1-3H3. The van der Waals surface area contributed by atoms with Crippen molar-refractivity contribution in [3.63, 3.8) is 0 Å². The molecular formula is C14H23N3O2S. The molecule has 0 bridgehead atoms. The van der Waals surface area contributed by atoms with Gasteiger partial charge in [-0.3, -0.25) is 0 Å². The minimum Gasteiger partial charge on any atom is -0.310 e. The third-order valence-electron chi connectivity index (χ3n) is 3.80. The summed E-state index contributed by atoms with van der Waals surface area (Å²) in [5.74, 6) is 1.09. The van der Waals surface area contributed by atoms with Crippen LogP contribution >= 0.6 is 0 Å². The minimum atomic E-state index is -2.89. The van der Waals surface area contributed by atoms with Gasteiger partial charge in [0, 0.05) is 29.4 Å². The Hall–Kier alpha value is -1.01. The maximum atomic E-state index is 11.5. The summed E-state index contributed by atoms with van der Waals surface area (Å²) >= 11 is 0. The van der Waals surface area contributed by atoms with Gasteiger partial charge >= 0.3 is 0 Å². The summed E-state index contributed by atoms with van der Waals surface area (Å²) in [5, 5.41) is 3.42. The number of rotatable bonds is 5. The van der Waals surface area contributed by atoms with Crippen LogP contribution in [-0.2, 0) is 9.84 Å². The van der Waals surface area contributed by atoms with Crippen LogP contribution in [0, 0.1) is 6.92 Å². The third-order valence-corrected chi connectivity index (χ3v) is 5.57. The topological polar surface area (TPSA) is 72.0 Å². The lowest BCUT2D eigenvalue weighted by Crippen LogP contribution is -2.21. The van der Waals surface area contributed by atoms with E-state index in [1.54, 1.807) is 0 Å². The Morgan fingerprint density at radius 1 is 1.50 bits per heavy atom. The molecule has 1 aliphatic heterocycles. The average Bonchev–Trinajstić information content (AvgIpc) is 2.76. The first-order chi connectivity index (χ1) is 9.43. The van der Waals surface area contributed by atoms with Crippen LogP contribution in [0.2, 0.25) is 0 Å². The minimum absolute atomic E-state index is 0.0355. The molecule has 2 unspecified atom stereocenters. The second-order valence-electron chi connectivity index (χ2n) is 5.54. The largest absolute Gasteiger partial charge is 0.310 e. The van der Waals surface area contributed by atoms with E-state index >= 15 is 0 Å². The van der Waals surface area contributed by atoms with E-state index in [2.05, 4.69) is 29.1 Å². The first kappa shape index (κ1) is 15.4. The van der Waals surface area contributed by atoms with Gasteiger partial charge in [0.1, 0.15) is 5.82 Å². The molecule has 1 aromatic rings. The zero-order valence-corrected chi connectivity index (χ0v) is 13.2. The van der Waals surface area contributed by atoms with Crippen LogP contribution in [0.3, 0.4) is 0 Å². The first-order valence-electron chi connectivity index (χ1n) is 7.20. The molecule has 1 aliphatic rings. The number of aryl methyl sites for hydroxylation is 1. The summed E-state index contributed by atoms with van der Waals surface area (Å²) in [5.41, 5.74) is 2.03. The van der Waals surface area contributed by atoms with Crippen LogP contribution in [0.4, 0.5) is 0 Å². The first-order valence-corrected chi connectivity index (χ1v) is 9.02. The lowest BCUT2D eigenvalue weighted by Gasteiger charge is -2.16. The number of nitrogens with one attached hydrogen (secondary N) is 1. The summed E-state index contributed by atoms with van der Waals surface area (Å²) in [4.78, 5) is 8.93. The van der Waals surface area contributed by atoms with Gasteiger partial charge < -0.3 is 5.32 Å². The van der Waals surface area contributed by atoms with Gasteiger partial charge in [-0.1, -0.05) is 6.92 Å². The molecule has 6 heteroatoms. The second kappa shape index (κ2) is 6.18. The fourth-order valence-corrected chi connectivity index (χ4v) is 4.32. The lowest BCUT2D eigenvalue weighted by molar-refractivity contribution is 0.561. The molecule has 2 atom stereocenters. The molecule has 0 aromatic carbocycles. The molecule has 0 radical (unpaired) electrons. The van der Waals surface area contributed by atoms with Crippen molar-refractivity contribution in [2.45, 2.75) is 45.6 Å². The van der Waals surface area contributed by atoms with Crippen molar-refractivity contribution in [3.05, 3.63) is 23.3 Å². The highest BCUT2D eigenvalue weighted by Crippen LogP contribution is 2.27. The van der Waals surface area contributed by atoms with Gasteiger partial charge in [0.2, 0.25) is 0 Å². The molecule has 5 nitrogen and oxygen atoms in total. The van der Waals surface area contributed by atoms with E-state index in [9.17, 15) is 8.42 Å². The van der Waals surface area contributed by atoms with Crippen molar-refractivity contribution in [3.8, 4) is 0 Å². The fraction of sp³-hybridized carbons (Fsp3) is 0.714. The summed E-state index contributed by atoms with van der Waals surface area (Å²) < 4.78 is 23.1. The number of aromatic nitrogens is 2. The van der Waals surface area contributed by atoms with Crippen molar-refractivity contribution in [2.75, 3.05) is 18.1 Å². The Balaban J connectivity index is 2.14. The molecule has 2 heterocycles. The van der Waals surface area contributed by atoms with Crippen LogP contribution in [0.5, 0.6) is 0 Å². The Labute approximate surface area is 121 Å². The molecule has 1 aromatic heterocycles. The van der Waals surface area contributed by atoms with E-state index in [0.29, 0.717) is 12.2 Å². The van der Waals surface area contributed by atoms with Gasteiger partial charge in [-0.25, -0.2) is 18.4 Å². The molecule has 0 spiro atoms. The fourth-order valence-electron chi connectivity index (χ4n) is 2.59. The zero-order valence-electron chi connectivity index (χ0n) is 12.4. The Morgan fingerprint density at radius 2 is 2.25 bits per heavy atom. The van der Waals surface area contributed by atoms with Crippen LogP contribution in [0.15, 0.2) is 6.20 Å². The van der Waals surface area contributed by atoms with E-state index in [1.165, 1.54) is 0 Å². The van der Waals surface area contributed by atoms with E-state index < -0.39 is 9.84 Å². The van der Waals surface area contributed by atoms with Crippen LogP contribution in [-0.4, -0.2) is 36.4 Å². The van der Waals surface area contributed by atoms with Crippen molar-refractivity contribution >= 4 is 9.84 Å². The van der Waals surface area contributed by atoms with Crippen molar-refractivity contribution in [1.82, 2.24) is 15.3 Å². The SMILES string of the molecule is CCCNC(C)c1cnc(C2CCS(=O)(=O)C2)nc1C. The summed E-state index contributed by atoms with van der Waals surface area (Å²) in [7, 11) is -2.89. The Kier molecular flexibility index (Phi) is 4.75. The van der Waals surface area contributed by atoms with E-state index in [0.717, 1.165) is 24.2 Å². The van der Waals surface area contributed by atoms with Crippen molar-refractivity contribution in [1.29, 1.82) is 0 Å². The quantitative estimate of drug-likeness (QED) is 0.896. The van der Waals surface area contributed by atoms with Crippen LogP contribution in [0.25, 0.3) is 0 Å². The van der Waals surface area contributed by atoms with E-state index in [1.807, 2.05) is 13.1 Å². The second-order valence-corrected chi connectivity index (χ2v) is 7.77. The van der Waals surface area contributed by atoms with Gasteiger partial charge in [-0.15, -0.1) is 0 Å². The highest BCUT2D eigenvalue weighted by atomic mass is 32.2. The molecule has 0 amide bonds. The number of nitrogens with zero attached hydrogens (tertiary/aromatic N) is 2. The molecule has 1 fully saturated rings. The highest BCUT2D eigenvalue weighted by Gasteiger charge is 2.31. The van der Waals surface area contributed by atoms with Gasteiger partial charge in [0.25, 0.3) is 0 Å². The predicted octanol–water partition coefficient (Wildman–Crippen LogP) is 1.75. The lowest BCUT2D eigenvalue weighted by atomic mass is 10.1. The summed E-state index contributed by atoms with van der Waals surface area (Å²) in [6.45, 7) is 7.16. The average molecular weight is 297 g/mol. The van der Waals surface area contributed by atoms with Crippen LogP contribution in [0.1, 0.15) is 55.7 Å². The molecule has 20 heavy (non-hydrogen) atoms. The maximum absolute atomic E-state index is 11.5. The van der Waals surface area contributed by atoms with Crippen molar-refractivity contribution in [2.24, 2.45) is 0 Å². The summed E-state index contributed by atoms with van der Waals surface area (Å²) in [6, 6.07) is 0.219. The Morgan fingerprint density at radius 3 is 2.80 bits per heavy atom. The number of hydrogen-bond acceptors (Lipinski definition) is 5.